The summed E-state index contributed by atoms with van der Waals surface area (Å²) in [5, 5.41) is 0.0751. The number of hydrogen-bond donors (Lipinski definition) is 0. The number of rotatable bonds is 5. The minimum absolute atomic E-state index is 0.0751. The van der Waals surface area contributed by atoms with Crippen LogP contribution < -0.4 is 4.74 Å². The van der Waals surface area contributed by atoms with Crippen molar-refractivity contribution in [3.05, 3.63) is 29.8 Å². The molecule has 1 unspecified atom stereocenters. The summed E-state index contributed by atoms with van der Waals surface area (Å²) in [7, 11) is 1.68. The Morgan fingerprint density at radius 1 is 1.36 bits per heavy atom. The molecular formula is C12H17ClO. The molecule has 2 heteroatoms. The molecule has 78 valence electrons. The third-order valence-corrected chi connectivity index (χ3v) is 2.74. The third-order valence-electron chi connectivity index (χ3n) is 2.29. The molecule has 0 aliphatic rings. The van der Waals surface area contributed by atoms with E-state index in [1.54, 1.807) is 7.11 Å². The fourth-order valence-corrected chi connectivity index (χ4v) is 1.80. The molecule has 0 aliphatic heterocycles. The van der Waals surface area contributed by atoms with Gasteiger partial charge in [0.1, 0.15) is 5.75 Å². The Morgan fingerprint density at radius 2 is 2.07 bits per heavy atom. The first kappa shape index (κ1) is 11.4. The first-order valence-corrected chi connectivity index (χ1v) is 5.50. The van der Waals surface area contributed by atoms with Crippen LogP contribution in [0.2, 0.25) is 0 Å². The molecule has 1 atom stereocenters. The van der Waals surface area contributed by atoms with Crippen molar-refractivity contribution in [1.82, 2.24) is 0 Å². The molecule has 1 aromatic rings. The molecule has 0 saturated heterocycles. The number of hydrogen-bond acceptors (Lipinski definition) is 1. The maximum atomic E-state index is 6.29. The monoisotopic (exact) mass is 212 g/mol. The Bertz CT molecular complexity index is 273. The first-order valence-electron chi connectivity index (χ1n) is 5.06. The molecule has 0 fully saturated rings. The van der Waals surface area contributed by atoms with Gasteiger partial charge in [-0.2, -0.15) is 0 Å². The number of unbranched alkanes of at least 4 members (excludes halogenated alkanes) is 1. The highest BCUT2D eigenvalue weighted by atomic mass is 35.5. The van der Waals surface area contributed by atoms with Crippen LogP contribution in [0.5, 0.6) is 5.75 Å². The predicted molar refractivity (Wildman–Crippen MR) is 61.1 cm³/mol. The van der Waals surface area contributed by atoms with Gasteiger partial charge in [0.2, 0.25) is 0 Å². The second-order valence-electron chi connectivity index (χ2n) is 3.35. The summed E-state index contributed by atoms with van der Waals surface area (Å²) in [5.74, 6) is 0.892. The quantitative estimate of drug-likeness (QED) is 0.666. The van der Waals surface area contributed by atoms with E-state index in [9.17, 15) is 0 Å². The number of halogens is 1. The molecule has 0 spiro atoms. The van der Waals surface area contributed by atoms with E-state index in [0.29, 0.717) is 0 Å². The lowest BCUT2D eigenvalue weighted by molar-refractivity contribution is 0.408. The van der Waals surface area contributed by atoms with E-state index in [4.69, 9.17) is 16.3 Å². The number of alkyl halides is 1. The van der Waals surface area contributed by atoms with E-state index in [0.717, 1.165) is 24.2 Å². The number of ether oxygens (including phenoxy) is 1. The number of benzene rings is 1. The van der Waals surface area contributed by atoms with Gasteiger partial charge in [0, 0.05) is 5.56 Å². The van der Waals surface area contributed by atoms with E-state index in [-0.39, 0.29) is 5.38 Å². The second kappa shape index (κ2) is 5.92. The van der Waals surface area contributed by atoms with Crippen molar-refractivity contribution >= 4 is 11.6 Å². The lowest BCUT2D eigenvalue weighted by Gasteiger charge is -2.13. The van der Waals surface area contributed by atoms with Gasteiger partial charge in [-0.25, -0.2) is 0 Å². The van der Waals surface area contributed by atoms with Crippen molar-refractivity contribution in [2.24, 2.45) is 0 Å². The van der Waals surface area contributed by atoms with Gasteiger partial charge < -0.3 is 4.74 Å². The fraction of sp³-hybridized carbons (Fsp3) is 0.500. The number of methoxy groups -OCH3 is 1. The Hall–Kier alpha value is -0.690. The van der Waals surface area contributed by atoms with Crippen molar-refractivity contribution < 1.29 is 4.74 Å². The van der Waals surface area contributed by atoms with Crippen molar-refractivity contribution in [3.63, 3.8) is 0 Å². The summed E-state index contributed by atoms with van der Waals surface area (Å²) >= 11 is 6.29. The highest BCUT2D eigenvalue weighted by Gasteiger charge is 2.11. The highest BCUT2D eigenvalue weighted by Crippen LogP contribution is 2.32. The minimum Gasteiger partial charge on any atom is -0.496 e. The van der Waals surface area contributed by atoms with Crippen LogP contribution in [-0.4, -0.2) is 7.11 Å². The average Bonchev–Trinajstić information content (AvgIpc) is 2.25. The molecule has 1 nitrogen and oxygen atoms in total. The SMILES string of the molecule is CCCCC(Cl)c1ccccc1OC. The van der Waals surface area contributed by atoms with Crippen LogP contribution in [0, 0.1) is 0 Å². The summed E-state index contributed by atoms with van der Waals surface area (Å²) in [6, 6.07) is 7.95. The van der Waals surface area contributed by atoms with E-state index in [1.165, 1.54) is 6.42 Å². The predicted octanol–water partition coefficient (Wildman–Crippen LogP) is 4.17. The smallest absolute Gasteiger partial charge is 0.123 e. The van der Waals surface area contributed by atoms with E-state index in [1.807, 2.05) is 24.3 Å². The summed E-state index contributed by atoms with van der Waals surface area (Å²) in [4.78, 5) is 0. The summed E-state index contributed by atoms with van der Waals surface area (Å²) < 4.78 is 5.26. The van der Waals surface area contributed by atoms with Gasteiger partial charge in [-0.3, -0.25) is 0 Å². The maximum Gasteiger partial charge on any atom is 0.123 e. The Labute approximate surface area is 91.0 Å². The topological polar surface area (TPSA) is 9.23 Å². The van der Waals surface area contributed by atoms with Gasteiger partial charge >= 0.3 is 0 Å². The van der Waals surface area contributed by atoms with Crippen LogP contribution in [0.15, 0.2) is 24.3 Å². The average molecular weight is 213 g/mol. The maximum absolute atomic E-state index is 6.29. The lowest BCUT2D eigenvalue weighted by atomic mass is 10.1. The second-order valence-corrected chi connectivity index (χ2v) is 3.88. The van der Waals surface area contributed by atoms with Crippen LogP contribution in [-0.2, 0) is 0 Å². The molecule has 1 rings (SSSR count). The van der Waals surface area contributed by atoms with Gasteiger partial charge in [-0.1, -0.05) is 38.0 Å². The Balaban J connectivity index is 2.72. The molecule has 0 bridgehead atoms. The summed E-state index contributed by atoms with van der Waals surface area (Å²) in [5.41, 5.74) is 1.10. The Kier molecular flexibility index (Phi) is 4.81. The molecule has 0 N–H and O–H groups in total. The minimum atomic E-state index is 0.0751. The van der Waals surface area contributed by atoms with Crippen LogP contribution in [0.3, 0.4) is 0 Å². The zero-order valence-electron chi connectivity index (χ0n) is 8.79. The first-order chi connectivity index (χ1) is 6.79. The molecule has 1 aromatic carbocycles. The van der Waals surface area contributed by atoms with Crippen molar-refractivity contribution in [2.75, 3.05) is 7.11 Å². The molecular weight excluding hydrogens is 196 g/mol. The van der Waals surface area contributed by atoms with Crippen molar-refractivity contribution in [2.45, 2.75) is 31.6 Å². The summed E-state index contributed by atoms with van der Waals surface area (Å²) in [6.45, 7) is 2.17. The largest absolute Gasteiger partial charge is 0.496 e. The zero-order chi connectivity index (χ0) is 10.4. The van der Waals surface area contributed by atoms with Gasteiger partial charge in [0.25, 0.3) is 0 Å². The van der Waals surface area contributed by atoms with E-state index < -0.39 is 0 Å². The number of para-hydroxylation sites is 1. The summed E-state index contributed by atoms with van der Waals surface area (Å²) in [6.07, 6.45) is 3.35. The van der Waals surface area contributed by atoms with Crippen LogP contribution >= 0.6 is 11.6 Å². The molecule has 0 heterocycles. The lowest BCUT2D eigenvalue weighted by Crippen LogP contribution is -1.95. The molecule has 0 aliphatic carbocycles. The zero-order valence-corrected chi connectivity index (χ0v) is 9.55. The van der Waals surface area contributed by atoms with E-state index >= 15 is 0 Å². The highest BCUT2D eigenvalue weighted by molar-refractivity contribution is 6.21. The molecule has 0 radical (unpaired) electrons. The van der Waals surface area contributed by atoms with Gasteiger partial charge in [0.15, 0.2) is 0 Å². The molecule has 0 aromatic heterocycles. The fourth-order valence-electron chi connectivity index (χ4n) is 1.46. The van der Waals surface area contributed by atoms with Crippen LogP contribution in [0.1, 0.15) is 37.1 Å². The van der Waals surface area contributed by atoms with Gasteiger partial charge in [-0.15, -0.1) is 11.6 Å². The van der Waals surface area contributed by atoms with E-state index in [2.05, 4.69) is 6.92 Å². The standard InChI is InChI=1S/C12H17ClO/c1-3-4-8-11(13)10-7-5-6-9-12(10)14-2/h5-7,9,11H,3-4,8H2,1-2H3. The van der Waals surface area contributed by atoms with Crippen LogP contribution in [0.25, 0.3) is 0 Å². The molecule has 0 saturated carbocycles. The van der Waals surface area contributed by atoms with Crippen molar-refractivity contribution in [1.29, 1.82) is 0 Å². The molecule has 14 heavy (non-hydrogen) atoms. The normalized spacial score (nSPS) is 12.5. The van der Waals surface area contributed by atoms with Gasteiger partial charge in [0.05, 0.1) is 12.5 Å². The Morgan fingerprint density at radius 3 is 2.71 bits per heavy atom. The molecule has 0 amide bonds. The van der Waals surface area contributed by atoms with Crippen molar-refractivity contribution in [3.8, 4) is 5.75 Å². The van der Waals surface area contributed by atoms with Gasteiger partial charge in [-0.05, 0) is 12.5 Å². The van der Waals surface area contributed by atoms with Crippen LogP contribution in [0.4, 0.5) is 0 Å². The third kappa shape index (κ3) is 2.91.